The van der Waals surface area contributed by atoms with E-state index in [-0.39, 0.29) is 5.56 Å². The van der Waals surface area contributed by atoms with Crippen LogP contribution in [-0.4, -0.2) is 30.5 Å². The molecule has 1 aromatic rings. The van der Waals surface area contributed by atoms with E-state index in [1.54, 1.807) is 16.4 Å². The summed E-state index contributed by atoms with van der Waals surface area (Å²) in [4.78, 5) is 13.5. The summed E-state index contributed by atoms with van der Waals surface area (Å²) < 4.78 is 3.36. The monoisotopic (exact) mass is 184 g/mol. The molecule has 1 rings (SSSR count). The number of nitrogens with zero attached hydrogens (tertiary/aromatic N) is 3. The molecule has 5 nitrogen and oxygen atoms in total. The van der Waals surface area contributed by atoms with Gasteiger partial charge in [0.2, 0.25) is 0 Å². The van der Waals surface area contributed by atoms with Crippen LogP contribution < -0.4 is 15.8 Å². The number of hydrogen-bond donors (Lipinski definition) is 1. The zero-order chi connectivity index (χ0) is 10.2. The van der Waals surface area contributed by atoms with Crippen molar-refractivity contribution in [2.75, 3.05) is 31.4 Å². The summed E-state index contributed by atoms with van der Waals surface area (Å²) in [5.41, 5.74) is 0.698. The van der Waals surface area contributed by atoms with Gasteiger partial charge in [0.05, 0.1) is 0 Å². The van der Waals surface area contributed by atoms with Gasteiger partial charge in [0, 0.05) is 35.2 Å². The number of nitrogens with one attached hydrogen (secondary N) is 1. The highest BCUT2D eigenvalue weighted by Crippen LogP contribution is 2.18. The molecule has 1 aromatic heterocycles. The standard InChI is InChI=1S/C8H16N4O/c1-9-7-6(10(2)3)8(13)12(5)11(7)4/h9H,1-5H3. The topological polar surface area (TPSA) is 42.2 Å². The molecular weight excluding hydrogens is 168 g/mol. The Balaban J connectivity index is 3.48. The fourth-order valence-electron chi connectivity index (χ4n) is 1.38. The highest BCUT2D eigenvalue weighted by atomic mass is 16.1. The molecule has 0 unspecified atom stereocenters. The first-order chi connectivity index (χ1) is 6.00. The van der Waals surface area contributed by atoms with Gasteiger partial charge in [-0.05, 0) is 0 Å². The van der Waals surface area contributed by atoms with E-state index in [2.05, 4.69) is 5.32 Å². The Morgan fingerprint density at radius 2 is 1.77 bits per heavy atom. The van der Waals surface area contributed by atoms with Gasteiger partial charge in [0.25, 0.3) is 5.56 Å². The van der Waals surface area contributed by atoms with E-state index >= 15 is 0 Å². The van der Waals surface area contributed by atoms with E-state index in [1.165, 1.54) is 0 Å². The second kappa shape index (κ2) is 3.16. The lowest BCUT2D eigenvalue weighted by Gasteiger charge is -2.11. The van der Waals surface area contributed by atoms with E-state index in [4.69, 9.17) is 0 Å². The van der Waals surface area contributed by atoms with E-state index < -0.39 is 0 Å². The van der Waals surface area contributed by atoms with E-state index in [0.29, 0.717) is 5.69 Å². The van der Waals surface area contributed by atoms with Crippen molar-refractivity contribution in [1.29, 1.82) is 0 Å². The van der Waals surface area contributed by atoms with E-state index in [9.17, 15) is 4.79 Å². The molecule has 0 amide bonds. The Morgan fingerprint density at radius 1 is 1.23 bits per heavy atom. The molecule has 13 heavy (non-hydrogen) atoms. The molecule has 0 aliphatic rings. The summed E-state index contributed by atoms with van der Waals surface area (Å²) in [7, 11) is 9.12. The second-order valence-electron chi connectivity index (χ2n) is 3.19. The third-order valence-corrected chi connectivity index (χ3v) is 2.18. The van der Waals surface area contributed by atoms with Crippen molar-refractivity contribution < 1.29 is 0 Å². The normalized spacial score (nSPS) is 10.2. The summed E-state index contributed by atoms with van der Waals surface area (Å²) in [5, 5.41) is 3.01. The maximum atomic E-state index is 11.7. The summed E-state index contributed by atoms with van der Waals surface area (Å²) in [5.74, 6) is 0.831. The summed E-state index contributed by atoms with van der Waals surface area (Å²) in [6.07, 6.45) is 0. The number of anilines is 2. The highest BCUT2D eigenvalue weighted by molar-refractivity contribution is 5.64. The maximum absolute atomic E-state index is 11.7. The minimum atomic E-state index is 0.0110. The molecule has 0 radical (unpaired) electrons. The van der Waals surface area contributed by atoms with Gasteiger partial charge in [-0.15, -0.1) is 0 Å². The van der Waals surface area contributed by atoms with Crippen LogP contribution >= 0.6 is 0 Å². The Morgan fingerprint density at radius 3 is 2.08 bits per heavy atom. The highest BCUT2D eigenvalue weighted by Gasteiger charge is 2.15. The van der Waals surface area contributed by atoms with E-state index in [1.807, 2.05) is 33.1 Å². The average molecular weight is 184 g/mol. The largest absolute Gasteiger partial charge is 0.372 e. The molecule has 0 aliphatic carbocycles. The Kier molecular flexibility index (Phi) is 2.36. The van der Waals surface area contributed by atoms with Crippen LogP contribution in [0, 0.1) is 0 Å². The first-order valence-electron chi connectivity index (χ1n) is 4.11. The molecule has 0 bridgehead atoms. The molecule has 5 heteroatoms. The van der Waals surface area contributed by atoms with Crippen molar-refractivity contribution in [2.24, 2.45) is 14.1 Å². The molecule has 0 aromatic carbocycles. The van der Waals surface area contributed by atoms with Gasteiger partial charge in [0.1, 0.15) is 11.5 Å². The van der Waals surface area contributed by atoms with Crippen molar-refractivity contribution in [2.45, 2.75) is 0 Å². The predicted molar refractivity (Wildman–Crippen MR) is 54.5 cm³/mol. The smallest absolute Gasteiger partial charge is 0.292 e. The van der Waals surface area contributed by atoms with Crippen LogP contribution in [0.5, 0.6) is 0 Å². The summed E-state index contributed by atoms with van der Waals surface area (Å²) in [6, 6.07) is 0. The molecule has 0 saturated heterocycles. The lowest BCUT2D eigenvalue weighted by molar-refractivity contribution is 0.584. The van der Waals surface area contributed by atoms with Crippen molar-refractivity contribution in [3.8, 4) is 0 Å². The molecule has 0 aliphatic heterocycles. The number of aromatic nitrogens is 2. The fraction of sp³-hybridized carbons (Fsp3) is 0.625. The molecule has 74 valence electrons. The third-order valence-electron chi connectivity index (χ3n) is 2.18. The van der Waals surface area contributed by atoms with Crippen LogP contribution in [0.1, 0.15) is 0 Å². The number of hydrogen-bond acceptors (Lipinski definition) is 3. The van der Waals surface area contributed by atoms with Gasteiger partial charge in [-0.2, -0.15) is 0 Å². The van der Waals surface area contributed by atoms with Gasteiger partial charge in [0.15, 0.2) is 0 Å². The second-order valence-corrected chi connectivity index (χ2v) is 3.19. The predicted octanol–water partition coefficient (Wildman–Crippen LogP) is -0.169. The van der Waals surface area contributed by atoms with Crippen LogP contribution in [0.3, 0.4) is 0 Å². The Bertz CT molecular complexity index is 361. The van der Waals surface area contributed by atoms with Gasteiger partial charge >= 0.3 is 0 Å². The minimum Gasteiger partial charge on any atom is -0.372 e. The van der Waals surface area contributed by atoms with Crippen LogP contribution in [0.15, 0.2) is 4.79 Å². The van der Waals surface area contributed by atoms with Crippen LogP contribution in [0.4, 0.5) is 11.5 Å². The Labute approximate surface area is 77.5 Å². The zero-order valence-electron chi connectivity index (χ0n) is 8.75. The molecule has 1 N–H and O–H groups in total. The fourth-order valence-corrected chi connectivity index (χ4v) is 1.38. The zero-order valence-corrected chi connectivity index (χ0v) is 8.75. The van der Waals surface area contributed by atoms with Crippen LogP contribution in [-0.2, 0) is 14.1 Å². The first kappa shape index (κ1) is 9.70. The minimum absolute atomic E-state index is 0.0110. The van der Waals surface area contributed by atoms with Crippen LogP contribution in [0.25, 0.3) is 0 Å². The van der Waals surface area contributed by atoms with Gasteiger partial charge in [-0.3, -0.25) is 14.2 Å². The quantitative estimate of drug-likeness (QED) is 0.694. The summed E-state index contributed by atoms with van der Waals surface area (Å²) in [6.45, 7) is 0. The molecule has 0 fully saturated rings. The van der Waals surface area contributed by atoms with Crippen LogP contribution in [0.2, 0.25) is 0 Å². The lowest BCUT2D eigenvalue weighted by atomic mass is 10.4. The summed E-state index contributed by atoms with van der Waals surface area (Å²) >= 11 is 0. The first-order valence-corrected chi connectivity index (χ1v) is 4.11. The van der Waals surface area contributed by atoms with E-state index in [0.717, 1.165) is 5.82 Å². The molecule has 0 saturated carbocycles. The van der Waals surface area contributed by atoms with Gasteiger partial charge in [-0.25, -0.2) is 0 Å². The van der Waals surface area contributed by atoms with Gasteiger partial charge in [-0.1, -0.05) is 0 Å². The molecular formula is C8H16N4O. The van der Waals surface area contributed by atoms with Crippen molar-refractivity contribution in [3.05, 3.63) is 10.4 Å². The lowest BCUT2D eigenvalue weighted by Crippen LogP contribution is -2.22. The molecule has 1 heterocycles. The average Bonchev–Trinajstić information content (AvgIpc) is 2.29. The molecule has 0 atom stereocenters. The Hall–Kier alpha value is -1.39. The SMILES string of the molecule is CNc1c(N(C)C)c(=O)n(C)n1C. The third kappa shape index (κ3) is 1.30. The molecule has 0 spiro atoms. The maximum Gasteiger partial charge on any atom is 0.292 e. The van der Waals surface area contributed by atoms with Crippen molar-refractivity contribution in [3.63, 3.8) is 0 Å². The van der Waals surface area contributed by atoms with Crippen molar-refractivity contribution >= 4 is 11.5 Å². The van der Waals surface area contributed by atoms with Gasteiger partial charge < -0.3 is 10.2 Å². The van der Waals surface area contributed by atoms with Crippen molar-refractivity contribution in [1.82, 2.24) is 9.36 Å². The number of rotatable bonds is 2.